The van der Waals surface area contributed by atoms with Gasteiger partial charge in [-0.3, -0.25) is 4.52 Å². The zero-order valence-corrected chi connectivity index (χ0v) is 10.6. The highest BCUT2D eigenvalue weighted by Gasteiger charge is 2.57. The first-order valence-corrected chi connectivity index (χ1v) is 6.32. The van der Waals surface area contributed by atoms with Crippen LogP contribution in [0.1, 0.15) is 19.3 Å². The lowest BCUT2D eigenvalue weighted by atomic mass is 9.90. The average molecular weight is 358 g/mol. The molecule has 14 heteroatoms. The Morgan fingerprint density at radius 1 is 0.714 bits per heavy atom. The van der Waals surface area contributed by atoms with Gasteiger partial charge in [-0.25, -0.2) is 4.57 Å². The maximum atomic E-state index is 12.2. The van der Waals surface area contributed by atoms with Gasteiger partial charge in [-0.1, -0.05) is 0 Å². The van der Waals surface area contributed by atoms with Crippen LogP contribution in [-0.2, 0) is 9.09 Å². The van der Waals surface area contributed by atoms with Crippen LogP contribution in [0.25, 0.3) is 0 Å². The lowest BCUT2D eigenvalue weighted by Gasteiger charge is -2.35. The maximum Gasteiger partial charge on any atom is 0.470 e. The Balaban J connectivity index is 5.75. The Bertz CT molecular complexity index is 352. The van der Waals surface area contributed by atoms with E-state index in [9.17, 15) is 44.1 Å². The zero-order chi connectivity index (χ0) is 17.3. The molecule has 0 rings (SSSR count). The van der Waals surface area contributed by atoms with E-state index in [0.717, 1.165) is 0 Å². The Morgan fingerprint density at radius 3 is 1.10 bits per heavy atom. The molecule has 0 saturated heterocycles. The van der Waals surface area contributed by atoms with Gasteiger partial charge in [0.2, 0.25) is 0 Å². The van der Waals surface area contributed by atoms with Gasteiger partial charge < -0.3 is 9.79 Å². The van der Waals surface area contributed by atoms with Gasteiger partial charge in [0.15, 0.2) is 0 Å². The van der Waals surface area contributed by atoms with Gasteiger partial charge in [-0.2, -0.15) is 39.5 Å². The molecule has 0 aliphatic heterocycles. The van der Waals surface area contributed by atoms with E-state index in [1.165, 1.54) is 0 Å². The van der Waals surface area contributed by atoms with E-state index in [2.05, 4.69) is 4.52 Å². The number of halogens is 9. The molecule has 21 heavy (non-hydrogen) atoms. The summed E-state index contributed by atoms with van der Waals surface area (Å²) in [5.41, 5.74) is -4.20. The minimum atomic E-state index is -6.05. The fraction of sp³-hybridized carbons (Fsp3) is 1.00. The highest BCUT2D eigenvalue weighted by Crippen LogP contribution is 2.52. The Kier molecular flexibility index (Phi) is 5.79. The summed E-state index contributed by atoms with van der Waals surface area (Å²) in [5, 5.41) is 0. The minimum absolute atomic E-state index is 2.83. The molecule has 0 heterocycles. The van der Waals surface area contributed by atoms with Crippen molar-refractivity contribution in [2.24, 2.45) is 0 Å². The van der Waals surface area contributed by atoms with Gasteiger partial charge in [-0.15, -0.1) is 0 Å². The molecule has 0 amide bonds. The van der Waals surface area contributed by atoms with Crippen LogP contribution in [-0.4, -0.2) is 33.9 Å². The predicted octanol–water partition coefficient (Wildman–Crippen LogP) is 3.69. The Hall–Kier alpha value is -0.520. The number of alkyl halides is 9. The van der Waals surface area contributed by atoms with Crippen molar-refractivity contribution in [1.82, 2.24) is 0 Å². The van der Waals surface area contributed by atoms with E-state index in [0.29, 0.717) is 0 Å². The van der Waals surface area contributed by atoms with Crippen LogP contribution in [0.4, 0.5) is 39.5 Å². The minimum Gasteiger partial charge on any atom is -0.303 e. The summed E-state index contributed by atoms with van der Waals surface area (Å²) >= 11 is 0. The summed E-state index contributed by atoms with van der Waals surface area (Å²) < 4.78 is 124. The number of phosphoric ester groups is 1. The average Bonchev–Trinajstić information content (AvgIpc) is 1.83. The van der Waals surface area contributed by atoms with Gasteiger partial charge in [0, 0.05) is 0 Å². The van der Waals surface area contributed by atoms with Gasteiger partial charge in [-0.05, 0) is 0 Å². The van der Waals surface area contributed by atoms with Crippen LogP contribution >= 0.6 is 7.82 Å². The van der Waals surface area contributed by atoms with Crippen LogP contribution < -0.4 is 0 Å². The first kappa shape index (κ1) is 20.5. The standard InChI is InChI=1S/C7H8F9O4P/c8-5(9,10)1-4(2-6(11,12)13,3-7(14,15)16)20-21(17,18)19/h1-3H2,(H2,17,18,19). The Labute approximate surface area is 111 Å². The quantitative estimate of drug-likeness (QED) is 0.581. The third-order valence-corrected chi connectivity index (χ3v) is 2.51. The van der Waals surface area contributed by atoms with E-state index < -0.39 is 51.2 Å². The van der Waals surface area contributed by atoms with E-state index in [4.69, 9.17) is 9.79 Å². The number of rotatable bonds is 5. The molecule has 0 aromatic heterocycles. The molecule has 0 aliphatic carbocycles. The van der Waals surface area contributed by atoms with Crippen molar-refractivity contribution in [3.63, 3.8) is 0 Å². The van der Waals surface area contributed by atoms with Crippen LogP contribution in [0.2, 0.25) is 0 Å². The van der Waals surface area contributed by atoms with Gasteiger partial charge in [0.1, 0.15) is 5.60 Å². The monoisotopic (exact) mass is 358 g/mol. The molecular weight excluding hydrogens is 350 g/mol. The van der Waals surface area contributed by atoms with Crippen LogP contribution in [0.5, 0.6) is 0 Å². The van der Waals surface area contributed by atoms with Gasteiger partial charge in [0.05, 0.1) is 19.3 Å². The van der Waals surface area contributed by atoms with Crippen molar-refractivity contribution < 1.29 is 58.4 Å². The summed E-state index contributed by atoms with van der Waals surface area (Å²) in [6.45, 7) is 0. The SMILES string of the molecule is O=P(O)(O)OC(CC(F)(F)F)(CC(F)(F)F)CC(F)(F)F. The molecule has 0 bridgehead atoms. The van der Waals surface area contributed by atoms with Crippen molar-refractivity contribution >= 4 is 7.82 Å². The first-order valence-electron chi connectivity index (χ1n) is 4.79. The molecule has 0 unspecified atom stereocenters. The summed E-state index contributed by atoms with van der Waals surface area (Å²) in [7, 11) is -6.05. The molecule has 0 saturated carbocycles. The molecule has 0 aliphatic rings. The maximum absolute atomic E-state index is 12.2. The second kappa shape index (κ2) is 5.94. The molecule has 4 nitrogen and oxygen atoms in total. The number of phosphoric acid groups is 1. The molecule has 128 valence electrons. The molecule has 0 atom stereocenters. The van der Waals surface area contributed by atoms with Crippen molar-refractivity contribution in [3.05, 3.63) is 0 Å². The lowest BCUT2D eigenvalue weighted by molar-refractivity contribution is -0.242. The topological polar surface area (TPSA) is 66.8 Å². The molecule has 0 fully saturated rings. The zero-order valence-electron chi connectivity index (χ0n) is 9.68. The van der Waals surface area contributed by atoms with Crippen LogP contribution in [0, 0.1) is 0 Å². The van der Waals surface area contributed by atoms with Crippen molar-refractivity contribution in [2.75, 3.05) is 0 Å². The number of hydrogen-bond donors (Lipinski definition) is 2. The lowest BCUT2D eigenvalue weighted by Crippen LogP contribution is -2.44. The summed E-state index contributed by atoms with van der Waals surface area (Å²) in [4.78, 5) is 16.7. The van der Waals surface area contributed by atoms with Crippen molar-refractivity contribution in [2.45, 2.75) is 43.4 Å². The predicted molar refractivity (Wildman–Crippen MR) is 47.9 cm³/mol. The Morgan fingerprint density at radius 2 is 0.952 bits per heavy atom. The molecule has 0 radical (unpaired) electrons. The van der Waals surface area contributed by atoms with Crippen LogP contribution in [0.15, 0.2) is 0 Å². The third-order valence-electron chi connectivity index (χ3n) is 1.88. The van der Waals surface area contributed by atoms with Crippen molar-refractivity contribution in [3.8, 4) is 0 Å². The molecule has 0 spiro atoms. The van der Waals surface area contributed by atoms with E-state index >= 15 is 0 Å². The van der Waals surface area contributed by atoms with Crippen molar-refractivity contribution in [1.29, 1.82) is 0 Å². The summed E-state index contributed by atoms with van der Waals surface area (Å²) in [6.07, 6.45) is -25.2. The second-order valence-electron chi connectivity index (χ2n) is 4.14. The molecule has 0 aromatic carbocycles. The smallest absolute Gasteiger partial charge is 0.303 e. The fourth-order valence-corrected chi connectivity index (χ4v) is 2.33. The van der Waals surface area contributed by atoms with Crippen LogP contribution in [0.3, 0.4) is 0 Å². The normalized spacial score (nSPS) is 15.4. The second-order valence-corrected chi connectivity index (χ2v) is 5.30. The van der Waals surface area contributed by atoms with E-state index in [1.54, 1.807) is 0 Å². The van der Waals surface area contributed by atoms with Gasteiger partial charge >= 0.3 is 26.4 Å². The largest absolute Gasteiger partial charge is 0.470 e. The van der Waals surface area contributed by atoms with Gasteiger partial charge in [0.25, 0.3) is 0 Å². The molecular formula is C7H8F9O4P. The summed E-state index contributed by atoms with van der Waals surface area (Å²) in [5.74, 6) is 0. The highest BCUT2D eigenvalue weighted by atomic mass is 31.2. The van der Waals surface area contributed by atoms with E-state index in [-0.39, 0.29) is 0 Å². The molecule has 0 aromatic rings. The summed E-state index contributed by atoms with van der Waals surface area (Å²) in [6, 6.07) is 0. The fourth-order valence-electron chi connectivity index (χ4n) is 1.63. The number of hydrogen-bond acceptors (Lipinski definition) is 2. The van der Waals surface area contributed by atoms with E-state index in [1.807, 2.05) is 0 Å². The third kappa shape index (κ3) is 10.8. The highest BCUT2D eigenvalue weighted by molar-refractivity contribution is 7.46. The molecule has 2 N–H and O–H groups in total. The first-order chi connectivity index (χ1) is 8.83.